The van der Waals surface area contributed by atoms with Gasteiger partial charge in [0.05, 0.1) is 6.54 Å². The number of rotatable bonds is 5. The highest BCUT2D eigenvalue weighted by Crippen LogP contribution is 2.19. The Morgan fingerprint density at radius 2 is 1.70 bits per heavy atom. The van der Waals surface area contributed by atoms with E-state index in [1.807, 2.05) is 32.0 Å². The third kappa shape index (κ3) is 3.86. The molecule has 0 fully saturated rings. The van der Waals surface area contributed by atoms with Crippen molar-refractivity contribution in [3.63, 3.8) is 0 Å². The molecule has 0 radical (unpaired) electrons. The number of hydrogen-bond acceptors (Lipinski definition) is 5. The predicted molar refractivity (Wildman–Crippen MR) is 113 cm³/mol. The van der Waals surface area contributed by atoms with Gasteiger partial charge in [-0.25, -0.2) is 4.79 Å². The number of fused-ring (bicyclic) bond motifs is 1. The summed E-state index contributed by atoms with van der Waals surface area (Å²) >= 11 is 6.09. The Bertz CT molecular complexity index is 1270. The van der Waals surface area contributed by atoms with Crippen LogP contribution in [-0.2, 0) is 30.2 Å². The van der Waals surface area contributed by atoms with Crippen molar-refractivity contribution in [3.05, 3.63) is 55.4 Å². The Morgan fingerprint density at radius 1 is 1.07 bits per heavy atom. The van der Waals surface area contributed by atoms with Gasteiger partial charge in [-0.15, -0.1) is 0 Å². The third-order valence-electron chi connectivity index (χ3n) is 4.79. The van der Waals surface area contributed by atoms with Crippen LogP contribution in [0.2, 0.25) is 5.28 Å². The molecule has 3 rings (SSSR count). The fraction of sp³-hybridized carbons (Fsp3) is 0.316. The van der Waals surface area contributed by atoms with Gasteiger partial charge in [0, 0.05) is 19.8 Å². The average molecular weight is 433 g/mol. The van der Waals surface area contributed by atoms with E-state index in [0.717, 1.165) is 15.7 Å². The molecular weight excluding hydrogens is 412 g/mol. The molecule has 158 valence electrons. The Hall–Kier alpha value is -3.40. The molecule has 1 aromatic carbocycles. The van der Waals surface area contributed by atoms with E-state index in [-0.39, 0.29) is 35.4 Å². The number of aromatic nitrogens is 4. The van der Waals surface area contributed by atoms with Crippen molar-refractivity contribution in [3.8, 4) is 0 Å². The normalized spacial score (nSPS) is 11.0. The summed E-state index contributed by atoms with van der Waals surface area (Å²) in [7, 11) is 2.78. The molecule has 2 aromatic heterocycles. The second kappa shape index (κ2) is 8.15. The van der Waals surface area contributed by atoms with Gasteiger partial charge in [0.15, 0.2) is 11.2 Å². The molecule has 2 heterocycles. The first-order valence-electron chi connectivity index (χ1n) is 9.06. The summed E-state index contributed by atoms with van der Waals surface area (Å²) in [6.45, 7) is 3.16. The largest absolute Gasteiger partial charge is 0.345 e. The number of amides is 2. The summed E-state index contributed by atoms with van der Waals surface area (Å²) in [5.41, 5.74) is 1.45. The van der Waals surface area contributed by atoms with Crippen molar-refractivity contribution in [2.24, 2.45) is 14.1 Å². The van der Waals surface area contributed by atoms with Crippen LogP contribution >= 0.6 is 11.6 Å². The van der Waals surface area contributed by atoms with Gasteiger partial charge in [0.25, 0.3) is 5.56 Å². The zero-order valence-corrected chi connectivity index (χ0v) is 17.7. The number of halogens is 1. The minimum atomic E-state index is -0.618. The van der Waals surface area contributed by atoms with Crippen molar-refractivity contribution in [2.75, 3.05) is 11.9 Å². The van der Waals surface area contributed by atoms with Gasteiger partial charge in [0.2, 0.25) is 17.1 Å². The van der Waals surface area contributed by atoms with Crippen LogP contribution in [0.5, 0.6) is 0 Å². The predicted octanol–water partition coefficient (Wildman–Crippen LogP) is 0.459. The molecule has 0 aliphatic rings. The van der Waals surface area contributed by atoms with Crippen LogP contribution in [0.3, 0.4) is 0 Å². The lowest BCUT2D eigenvalue weighted by Crippen LogP contribution is -2.38. The number of benzene rings is 1. The SMILES string of the molecule is Cc1cccc(C)c1NC(=O)CNC(=O)Cn1c(Cl)nc2c1c(=O)n(C)c(=O)n2C. The number of carbonyl (C=O) groups excluding carboxylic acids is 2. The minimum Gasteiger partial charge on any atom is -0.345 e. The highest BCUT2D eigenvalue weighted by molar-refractivity contribution is 6.29. The van der Waals surface area contributed by atoms with E-state index < -0.39 is 17.2 Å². The molecule has 0 unspecified atom stereocenters. The standard InChI is InChI=1S/C19H21ClN6O4/c1-10-6-5-7-11(2)14(10)22-12(27)8-21-13(28)9-26-15-16(23-18(26)20)24(3)19(30)25(4)17(15)29/h5-7H,8-9H2,1-4H3,(H,21,28)(H,22,27). The fourth-order valence-corrected chi connectivity index (χ4v) is 3.36. The summed E-state index contributed by atoms with van der Waals surface area (Å²) in [6, 6.07) is 5.64. The lowest BCUT2D eigenvalue weighted by atomic mass is 10.1. The second-order valence-electron chi connectivity index (χ2n) is 6.94. The van der Waals surface area contributed by atoms with Gasteiger partial charge in [-0.2, -0.15) is 4.98 Å². The summed E-state index contributed by atoms with van der Waals surface area (Å²) in [4.78, 5) is 53.1. The molecule has 0 saturated heterocycles. The number of nitrogens with one attached hydrogen (secondary N) is 2. The summed E-state index contributed by atoms with van der Waals surface area (Å²) in [6.07, 6.45) is 0. The molecule has 11 heteroatoms. The lowest BCUT2D eigenvalue weighted by Gasteiger charge is -2.12. The van der Waals surface area contributed by atoms with Crippen LogP contribution in [0.4, 0.5) is 5.69 Å². The van der Waals surface area contributed by atoms with E-state index in [1.165, 1.54) is 23.2 Å². The van der Waals surface area contributed by atoms with Gasteiger partial charge in [0.1, 0.15) is 6.54 Å². The van der Waals surface area contributed by atoms with Gasteiger partial charge in [-0.05, 0) is 36.6 Å². The van der Waals surface area contributed by atoms with E-state index in [0.29, 0.717) is 5.69 Å². The van der Waals surface area contributed by atoms with Crippen molar-refractivity contribution in [1.82, 2.24) is 24.0 Å². The van der Waals surface area contributed by atoms with Gasteiger partial charge in [-0.3, -0.25) is 28.1 Å². The number of carbonyl (C=O) groups is 2. The first kappa shape index (κ1) is 21.3. The average Bonchev–Trinajstić information content (AvgIpc) is 3.02. The van der Waals surface area contributed by atoms with Crippen molar-refractivity contribution < 1.29 is 9.59 Å². The van der Waals surface area contributed by atoms with E-state index >= 15 is 0 Å². The minimum absolute atomic E-state index is 0.0275. The number of aryl methyl sites for hydroxylation is 3. The van der Waals surface area contributed by atoms with Crippen molar-refractivity contribution in [1.29, 1.82) is 0 Å². The number of imidazole rings is 1. The summed E-state index contributed by atoms with van der Waals surface area (Å²) in [5, 5.41) is 5.16. The van der Waals surface area contributed by atoms with Crippen LogP contribution in [-0.4, -0.2) is 37.0 Å². The van der Waals surface area contributed by atoms with E-state index in [1.54, 1.807) is 0 Å². The topological polar surface area (TPSA) is 120 Å². The molecule has 0 atom stereocenters. The lowest BCUT2D eigenvalue weighted by molar-refractivity contribution is -0.124. The molecule has 0 spiro atoms. The molecule has 0 bridgehead atoms. The van der Waals surface area contributed by atoms with Gasteiger partial charge in [-0.1, -0.05) is 18.2 Å². The Morgan fingerprint density at radius 3 is 2.33 bits per heavy atom. The molecule has 2 amide bonds. The molecular formula is C19H21ClN6O4. The van der Waals surface area contributed by atoms with E-state index in [2.05, 4.69) is 15.6 Å². The van der Waals surface area contributed by atoms with E-state index in [9.17, 15) is 19.2 Å². The van der Waals surface area contributed by atoms with Crippen molar-refractivity contribution in [2.45, 2.75) is 20.4 Å². The second-order valence-corrected chi connectivity index (χ2v) is 7.27. The molecule has 30 heavy (non-hydrogen) atoms. The monoisotopic (exact) mass is 432 g/mol. The van der Waals surface area contributed by atoms with Crippen LogP contribution in [0.25, 0.3) is 11.2 Å². The number of para-hydroxylation sites is 1. The van der Waals surface area contributed by atoms with Gasteiger partial charge >= 0.3 is 5.69 Å². The van der Waals surface area contributed by atoms with Crippen LogP contribution in [0.1, 0.15) is 11.1 Å². The summed E-state index contributed by atoms with van der Waals surface area (Å²) < 4.78 is 3.29. The van der Waals surface area contributed by atoms with Crippen LogP contribution in [0.15, 0.2) is 27.8 Å². The fourth-order valence-electron chi connectivity index (χ4n) is 3.14. The molecule has 0 saturated carbocycles. The number of anilines is 1. The Kier molecular flexibility index (Phi) is 5.79. The molecule has 0 aliphatic heterocycles. The summed E-state index contributed by atoms with van der Waals surface area (Å²) in [5.74, 6) is -0.926. The first-order chi connectivity index (χ1) is 14.1. The smallest absolute Gasteiger partial charge is 0.332 e. The highest BCUT2D eigenvalue weighted by atomic mass is 35.5. The van der Waals surface area contributed by atoms with E-state index in [4.69, 9.17) is 11.6 Å². The third-order valence-corrected chi connectivity index (χ3v) is 5.08. The molecule has 2 N–H and O–H groups in total. The number of nitrogens with zero attached hydrogens (tertiary/aromatic N) is 4. The van der Waals surface area contributed by atoms with Gasteiger partial charge < -0.3 is 10.6 Å². The Labute approximate surface area is 176 Å². The van der Waals surface area contributed by atoms with Crippen LogP contribution in [0, 0.1) is 13.8 Å². The molecule has 3 aromatic rings. The molecule has 0 aliphatic carbocycles. The quantitative estimate of drug-likeness (QED) is 0.567. The first-order valence-corrected chi connectivity index (χ1v) is 9.44. The van der Waals surface area contributed by atoms with Crippen LogP contribution < -0.4 is 21.9 Å². The van der Waals surface area contributed by atoms with Crippen molar-refractivity contribution >= 4 is 40.3 Å². The maximum atomic E-state index is 12.5. The maximum absolute atomic E-state index is 12.5. The zero-order valence-electron chi connectivity index (χ0n) is 16.9. The number of hydrogen-bond donors (Lipinski definition) is 2. The highest BCUT2D eigenvalue weighted by Gasteiger charge is 2.20. The maximum Gasteiger partial charge on any atom is 0.332 e. The Balaban J connectivity index is 1.75. The zero-order chi connectivity index (χ0) is 22.2. The molecule has 10 nitrogen and oxygen atoms in total.